The van der Waals surface area contributed by atoms with Crippen LogP contribution in [0.2, 0.25) is 0 Å². The average molecular weight is 806 g/mol. The highest BCUT2D eigenvalue weighted by Gasteiger charge is 2.36. The van der Waals surface area contributed by atoms with E-state index >= 15 is 0 Å². The predicted molar refractivity (Wildman–Crippen MR) is 258 cm³/mol. The van der Waals surface area contributed by atoms with Gasteiger partial charge in [-0.05, 0) is 97.1 Å². The van der Waals surface area contributed by atoms with Gasteiger partial charge in [0.2, 0.25) is 0 Å². The highest BCUT2D eigenvalue weighted by Crippen LogP contribution is 2.52. The van der Waals surface area contributed by atoms with E-state index < -0.39 is 0 Å². The summed E-state index contributed by atoms with van der Waals surface area (Å²) in [6, 6.07) is 66.5. The van der Waals surface area contributed by atoms with Gasteiger partial charge < -0.3 is 0 Å². The van der Waals surface area contributed by atoms with Gasteiger partial charge in [0.25, 0.3) is 0 Å². The van der Waals surface area contributed by atoms with Gasteiger partial charge >= 0.3 is 0 Å². The van der Waals surface area contributed by atoms with Gasteiger partial charge in [0.1, 0.15) is 0 Å². The van der Waals surface area contributed by atoms with E-state index in [-0.39, 0.29) is 5.41 Å². The number of rotatable bonds is 6. The van der Waals surface area contributed by atoms with Crippen molar-refractivity contribution in [3.63, 3.8) is 0 Å². The summed E-state index contributed by atoms with van der Waals surface area (Å²) in [5.41, 5.74) is 15.2. The summed E-state index contributed by atoms with van der Waals surface area (Å²) >= 11 is 0. The Kier molecular flexibility index (Phi) is 8.44. The Morgan fingerprint density at radius 2 is 0.952 bits per heavy atom. The lowest BCUT2D eigenvalue weighted by Crippen LogP contribution is -2.15. The van der Waals surface area contributed by atoms with Crippen LogP contribution in [0, 0.1) is 0 Å². The lowest BCUT2D eigenvalue weighted by molar-refractivity contribution is 0.661. The molecule has 0 N–H and O–H groups in total. The lowest BCUT2D eigenvalue weighted by Gasteiger charge is -2.22. The maximum atomic E-state index is 5.18. The summed E-state index contributed by atoms with van der Waals surface area (Å²) in [5, 5.41) is 5.85. The zero-order valence-electron chi connectivity index (χ0n) is 34.8. The number of benzene rings is 8. The number of aromatic nitrogens is 5. The molecule has 12 rings (SSSR count). The maximum Gasteiger partial charge on any atom is 0.164 e. The number of hydrogen-bond donors (Lipinski definition) is 0. The molecule has 11 aromatic rings. The summed E-state index contributed by atoms with van der Waals surface area (Å²) in [6.07, 6.45) is 3.78. The Labute approximate surface area is 365 Å². The molecule has 0 radical (unpaired) electrons. The van der Waals surface area contributed by atoms with Gasteiger partial charge in [0, 0.05) is 50.8 Å². The van der Waals surface area contributed by atoms with E-state index in [9.17, 15) is 0 Å². The van der Waals surface area contributed by atoms with Crippen LogP contribution in [0.4, 0.5) is 0 Å². The fourth-order valence-electron chi connectivity index (χ4n) is 9.55. The Morgan fingerprint density at radius 1 is 0.365 bits per heavy atom. The second-order valence-corrected chi connectivity index (χ2v) is 16.9. The van der Waals surface area contributed by atoms with Crippen LogP contribution in [0.1, 0.15) is 25.0 Å². The molecular formula is C58H39N5. The van der Waals surface area contributed by atoms with Crippen LogP contribution in [0.25, 0.3) is 111 Å². The number of fused-ring (bicyclic) bond motifs is 8. The molecule has 0 unspecified atom stereocenters. The van der Waals surface area contributed by atoms with Crippen molar-refractivity contribution in [3.05, 3.63) is 212 Å². The molecule has 0 aliphatic heterocycles. The van der Waals surface area contributed by atoms with Gasteiger partial charge in [-0.3, -0.25) is 4.98 Å². The first kappa shape index (κ1) is 36.7. The van der Waals surface area contributed by atoms with Crippen molar-refractivity contribution < 1.29 is 0 Å². The van der Waals surface area contributed by atoms with Crippen molar-refractivity contribution in [2.24, 2.45) is 0 Å². The third-order valence-corrected chi connectivity index (χ3v) is 12.8. The molecule has 1 aliphatic carbocycles. The van der Waals surface area contributed by atoms with Crippen molar-refractivity contribution in [1.29, 1.82) is 0 Å². The first-order valence-electron chi connectivity index (χ1n) is 21.4. The fraction of sp³-hybridized carbons (Fsp3) is 0.0517. The molecule has 0 atom stereocenters. The number of pyridine rings is 2. The van der Waals surface area contributed by atoms with Crippen molar-refractivity contribution in [1.82, 2.24) is 24.9 Å². The summed E-state index contributed by atoms with van der Waals surface area (Å²) < 4.78 is 0. The Balaban J connectivity index is 1.04. The van der Waals surface area contributed by atoms with Crippen molar-refractivity contribution >= 4 is 32.4 Å². The number of para-hydroxylation sites is 1. The normalized spacial score (nSPS) is 12.7. The van der Waals surface area contributed by atoms with Gasteiger partial charge in [-0.15, -0.1) is 0 Å². The molecule has 5 heteroatoms. The highest BCUT2D eigenvalue weighted by molar-refractivity contribution is 6.10. The van der Waals surface area contributed by atoms with E-state index in [1.165, 1.54) is 33.0 Å². The van der Waals surface area contributed by atoms with Crippen LogP contribution in [-0.4, -0.2) is 24.9 Å². The van der Waals surface area contributed by atoms with E-state index in [2.05, 4.69) is 164 Å². The number of hydrogen-bond acceptors (Lipinski definition) is 5. The highest BCUT2D eigenvalue weighted by atomic mass is 15.0. The second kappa shape index (κ2) is 14.5. The minimum atomic E-state index is -0.180. The van der Waals surface area contributed by atoms with Crippen LogP contribution in [0.15, 0.2) is 200 Å². The summed E-state index contributed by atoms with van der Waals surface area (Å²) in [7, 11) is 0. The average Bonchev–Trinajstić information content (AvgIpc) is 3.59. The monoisotopic (exact) mass is 805 g/mol. The molecular weight excluding hydrogens is 767 g/mol. The Bertz CT molecular complexity index is 3520. The molecule has 8 aromatic carbocycles. The van der Waals surface area contributed by atoms with E-state index in [4.69, 9.17) is 19.9 Å². The van der Waals surface area contributed by atoms with Gasteiger partial charge in [-0.1, -0.05) is 166 Å². The smallest absolute Gasteiger partial charge is 0.164 e. The first-order valence-corrected chi connectivity index (χ1v) is 21.4. The molecule has 0 bridgehead atoms. The van der Waals surface area contributed by atoms with E-state index in [0.29, 0.717) is 17.5 Å². The van der Waals surface area contributed by atoms with Crippen LogP contribution in [0.3, 0.4) is 0 Å². The van der Waals surface area contributed by atoms with Crippen LogP contribution < -0.4 is 0 Å². The van der Waals surface area contributed by atoms with E-state index in [1.807, 2.05) is 54.9 Å². The molecule has 0 saturated carbocycles. The Morgan fingerprint density at radius 3 is 1.68 bits per heavy atom. The maximum absolute atomic E-state index is 5.18. The molecule has 0 amide bonds. The molecule has 63 heavy (non-hydrogen) atoms. The van der Waals surface area contributed by atoms with Gasteiger partial charge in [0.15, 0.2) is 17.5 Å². The summed E-state index contributed by atoms with van der Waals surface area (Å²) in [6.45, 7) is 4.70. The van der Waals surface area contributed by atoms with Gasteiger partial charge in [-0.2, -0.15) is 0 Å². The van der Waals surface area contributed by atoms with Crippen molar-refractivity contribution in [3.8, 4) is 78.8 Å². The zero-order chi connectivity index (χ0) is 42.1. The zero-order valence-corrected chi connectivity index (χ0v) is 34.8. The number of nitrogens with zero attached hydrogens (tertiary/aromatic N) is 5. The van der Waals surface area contributed by atoms with Gasteiger partial charge in [0.05, 0.1) is 11.2 Å². The lowest BCUT2D eigenvalue weighted by atomic mass is 9.81. The predicted octanol–water partition coefficient (Wildman–Crippen LogP) is 14.4. The summed E-state index contributed by atoms with van der Waals surface area (Å²) in [4.78, 5) is 25.0. The standard InChI is InChI=1S/C58H39N5/c1-58(2)50-28-26-37-13-9-10-18-45(37)53(50)48-27-25-41(34-51(48)58)43-31-42(36-21-23-38(24-22-36)54-49-35-59-30-29-46(49)47-19-11-12-20-52(47)60-54)32-44(33-43)57-62-55(39-14-5-3-6-15-39)61-56(63-57)40-16-7-4-8-17-40/h3-35H,1-2H3. The molecule has 0 spiro atoms. The first-order chi connectivity index (χ1) is 31.0. The van der Waals surface area contributed by atoms with E-state index in [0.717, 1.165) is 71.9 Å². The summed E-state index contributed by atoms with van der Waals surface area (Å²) in [5.74, 6) is 1.87. The minimum Gasteiger partial charge on any atom is -0.264 e. The molecule has 296 valence electrons. The quantitative estimate of drug-likeness (QED) is 0.157. The van der Waals surface area contributed by atoms with Crippen LogP contribution in [0.5, 0.6) is 0 Å². The minimum absolute atomic E-state index is 0.180. The third-order valence-electron chi connectivity index (χ3n) is 12.8. The SMILES string of the molecule is CC1(C)c2cc(-c3cc(-c4ccc(-c5nc6ccccc6c6ccncc56)cc4)cc(-c4nc(-c5ccccc5)nc(-c5ccccc5)n4)c3)ccc2-c2c1ccc1ccccc21. The molecule has 3 aromatic heterocycles. The largest absolute Gasteiger partial charge is 0.264 e. The fourth-order valence-corrected chi connectivity index (χ4v) is 9.55. The molecule has 1 aliphatic rings. The van der Waals surface area contributed by atoms with Gasteiger partial charge in [-0.25, -0.2) is 19.9 Å². The third kappa shape index (κ3) is 6.20. The van der Waals surface area contributed by atoms with Crippen molar-refractivity contribution in [2.75, 3.05) is 0 Å². The Hall–Kier alpha value is -8.15. The van der Waals surface area contributed by atoms with Crippen molar-refractivity contribution in [2.45, 2.75) is 19.3 Å². The van der Waals surface area contributed by atoms with Crippen LogP contribution >= 0.6 is 0 Å². The molecule has 5 nitrogen and oxygen atoms in total. The topological polar surface area (TPSA) is 64.5 Å². The van der Waals surface area contributed by atoms with Crippen LogP contribution in [-0.2, 0) is 5.41 Å². The second-order valence-electron chi connectivity index (χ2n) is 16.9. The molecule has 3 heterocycles. The van der Waals surface area contributed by atoms with E-state index in [1.54, 1.807) is 0 Å². The molecule has 0 fully saturated rings. The molecule has 0 saturated heterocycles.